The van der Waals surface area contributed by atoms with Crippen LogP contribution in [0.2, 0.25) is 0 Å². The van der Waals surface area contributed by atoms with Gasteiger partial charge in [-0.1, -0.05) is 62.6 Å². The molecule has 0 heterocycles. The monoisotopic (exact) mass is 470 g/mol. The van der Waals surface area contributed by atoms with Crippen molar-refractivity contribution in [2.75, 3.05) is 11.9 Å². The van der Waals surface area contributed by atoms with Crippen molar-refractivity contribution in [3.05, 3.63) is 89.0 Å². The topological polar surface area (TPSA) is 41.6 Å². The second-order valence-electron chi connectivity index (χ2n) is 9.69. The number of carbonyl (C=O) groups excluding carboxylic acids is 1. The second-order valence-corrected chi connectivity index (χ2v) is 9.69. The summed E-state index contributed by atoms with van der Waals surface area (Å²) in [5, 5.41) is 3.55. The van der Waals surface area contributed by atoms with E-state index in [1.54, 1.807) is 0 Å². The first kappa shape index (κ1) is 24.8. The normalized spacial score (nSPS) is 13.9. The van der Waals surface area contributed by atoms with E-state index in [0.29, 0.717) is 12.6 Å². The molecule has 3 aromatic rings. The average molecular weight is 471 g/mol. The highest BCUT2D eigenvalue weighted by Gasteiger charge is 2.25. The summed E-state index contributed by atoms with van der Waals surface area (Å²) in [5.41, 5.74) is 5.18. The highest BCUT2D eigenvalue weighted by molar-refractivity contribution is 5.94. The highest BCUT2D eigenvalue weighted by Crippen LogP contribution is 2.29. The fraction of sp³-hybridized carbons (Fsp3) is 0.387. The van der Waals surface area contributed by atoms with Crippen molar-refractivity contribution in [1.29, 1.82) is 0 Å². The maximum Gasteiger partial charge on any atom is 0.254 e. The zero-order valence-electron chi connectivity index (χ0n) is 21.3. The fourth-order valence-corrected chi connectivity index (χ4v) is 4.91. The molecule has 1 N–H and O–H groups in total. The summed E-state index contributed by atoms with van der Waals surface area (Å²) in [5.74, 6) is 1.84. The molecule has 0 saturated heterocycles. The molecule has 0 aliphatic heterocycles. The Morgan fingerprint density at radius 3 is 2.51 bits per heavy atom. The van der Waals surface area contributed by atoms with Gasteiger partial charge in [0, 0.05) is 36.4 Å². The first-order valence-electron chi connectivity index (χ1n) is 13.0. The van der Waals surface area contributed by atoms with Gasteiger partial charge in [0.2, 0.25) is 0 Å². The van der Waals surface area contributed by atoms with E-state index >= 15 is 0 Å². The summed E-state index contributed by atoms with van der Waals surface area (Å²) in [6.07, 6.45) is 7.01. The summed E-state index contributed by atoms with van der Waals surface area (Å²) < 4.78 is 6.12. The van der Waals surface area contributed by atoms with Gasteiger partial charge in [-0.15, -0.1) is 0 Å². The highest BCUT2D eigenvalue weighted by atomic mass is 16.5. The summed E-state index contributed by atoms with van der Waals surface area (Å²) in [6, 6.07) is 22.6. The van der Waals surface area contributed by atoms with Crippen molar-refractivity contribution in [3.63, 3.8) is 0 Å². The van der Waals surface area contributed by atoms with E-state index in [9.17, 15) is 4.79 Å². The van der Waals surface area contributed by atoms with E-state index in [2.05, 4.69) is 36.2 Å². The standard InChI is InChI=1S/C31H38N2O2/c1-4-19-33(27-14-6-5-7-15-27)31(34)26-13-10-12-25(20-26)22-32-29-21-28(18-17-23(29)2)35-30-16-9-8-11-24(30)3/h8-13,16-18,20-21,27,32H,4-7,14-15,19,22H2,1-3H3. The Kier molecular flexibility index (Phi) is 8.46. The van der Waals surface area contributed by atoms with E-state index in [4.69, 9.17) is 4.74 Å². The van der Waals surface area contributed by atoms with Crippen LogP contribution in [0.4, 0.5) is 5.69 Å². The van der Waals surface area contributed by atoms with Gasteiger partial charge in [-0.3, -0.25) is 4.79 Å². The number of carbonyl (C=O) groups is 1. The Morgan fingerprint density at radius 2 is 1.74 bits per heavy atom. The number of rotatable bonds is 9. The molecule has 0 bridgehead atoms. The van der Waals surface area contributed by atoms with Crippen molar-refractivity contribution in [3.8, 4) is 11.5 Å². The third-order valence-electron chi connectivity index (χ3n) is 6.93. The lowest BCUT2D eigenvalue weighted by Gasteiger charge is -2.34. The largest absolute Gasteiger partial charge is 0.457 e. The third kappa shape index (κ3) is 6.45. The smallest absolute Gasteiger partial charge is 0.254 e. The number of aryl methyl sites for hydroxylation is 2. The number of benzene rings is 3. The molecule has 184 valence electrons. The van der Waals surface area contributed by atoms with Gasteiger partial charge in [-0.05, 0) is 74.1 Å². The summed E-state index contributed by atoms with van der Waals surface area (Å²) >= 11 is 0. The molecule has 4 heteroatoms. The number of ether oxygens (including phenoxy) is 1. The molecule has 1 fully saturated rings. The van der Waals surface area contributed by atoms with Gasteiger partial charge in [-0.25, -0.2) is 0 Å². The SMILES string of the molecule is CCCN(C(=O)c1cccc(CNc2cc(Oc3ccccc3C)ccc2C)c1)C1CCCCC1. The maximum absolute atomic E-state index is 13.4. The fourth-order valence-electron chi connectivity index (χ4n) is 4.91. The van der Waals surface area contributed by atoms with Crippen LogP contribution in [0.25, 0.3) is 0 Å². The van der Waals surface area contributed by atoms with Crippen molar-refractivity contribution >= 4 is 11.6 Å². The summed E-state index contributed by atoms with van der Waals surface area (Å²) in [7, 11) is 0. The minimum absolute atomic E-state index is 0.172. The number of hydrogen-bond donors (Lipinski definition) is 1. The van der Waals surface area contributed by atoms with Gasteiger partial charge in [0.15, 0.2) is 0 Å². The molecule has 3 aromatic carbocycles. The van der Waals surface area contributed by atoms with Crippen LogP contribution in [0.1, 0.15) is 72.5 Å². The molecule has 1 amide bonds. The van der Waals surface area contributed by atoms with Crippen molar-refractivity contribution in [2.24, 2.45) is 0 Å². The number of anilines is 1. The van der Waals surface area contributed by atoms with Gasteiger partial charge < -0.3 is 15.0 Å². The number of nitrogens with zero attached hydrogens (tertiary/aromatic N) is 1. The van der Waals surface area contributed by atoms with E-state index < -0.39 is 0 Å². The summed E-state index contributed by atoms with van der Waals surface area (Å²) in [4.78, 5) is 15.6. The lowest BCUT2D eigenvalue weighted by molar-refractivity contribution is 0.0634. The molecule has 0 atom stereocenters. The predicted octanol–water partition coefficient (Wildman–Crippen LogP) is 7.89. The number of amides is 1. The molecule has 0 aromatic heterocycles. The molecule has 4 rings (SSSR count). The van der Waals surface area contributed by atoms with Crippen LogP contribution in [0.15, 0.2) is 66.7 Å². The predicted molar refractivity (Wildman–Crippen MR) is 144 cm³/mol. The zero-order valence-corrected chi connectivity index (χ0v) is 21.3. The molecular weight excluding hydrogens is 432 g/mol. The van der Waals surface area contributed by atoms with Crippen LogP contribution in [0, 0.1) is 13.8 Å². The van der Waals surface area contributed by atoms with E-state index in [0.717, 1.165) is 65.2 Å². The Labute approximate surface area is 210 Å². The van der Waals surface area contributed by atoms with E-state index in [1.165, 1.54) is 19.3 Å². The second kappa shape index (κ2) is 11.9. The third-order valence-corrected chi connectivity index (χ3v) is 6.93. The molecule has 1 aliphatic rings. The number of para-hydroxylation sites is 1. The number of nitrogens with one attached hydrogen (secondary N) is 1. The Hall–Kier alpha value is -3.27. The molecule has 0 radical (unpaired) electrons. The van der Waals surface area contributed by atoms with Gasteiger partial charge in [0.25, 0.3) is 5.91 Å². The lowest BCUT2D eigenvalue weighted by Crippen LogP contribution is -2.42. The lowest BCUT2D eigenvalue weighted by atomic mass is 9.93. The van der Waals surface area contributed by atoms with Crippen molar-refractivity contribution in [2.45, 2.75) is 71.9 Å². The first-order chi connectivity index (χ1) is 17.0. The number of hydrogen-bond acceptors (Lipinski definition) is 3. The van der Waals surface area contributed by atoms with Crippen LogP contribution < -0.4 is 10.1 Å². The molecule has 0 spiro atoms. The van der Waals surface area contributed by atoms with Crippen LogP contribution in [-0.4, -0.2) is 23.4 Å². The van der Waals surface area contributed by atoms with Crippen LogP contribution in [0.5, 0.6) is 11.5 Å². The Morgan fingerprint density at radius 1 is 0.943 bits per heavy atom. The summed E-state index contributed by atoms with van der Waals surface area (Å²) in [6.45, 7) is 7.77. The molecule has 4 nitrogen and oxygen atoms in total. The molecular formula is C31H38N2O2. The maximum atomic E-state index is 13.4. The van der Waals surface area contributed by atoms with Gasteiger partial charge in [0.05, 0.1) is 0 Å². The van der Waals surface area contributed by atoms with Gasteiger partial charge >= 0.3 is 0 Å². The van der Waals surface area contributed by atoms with E-state index in [1.807, 2.05) is 61.5 Å². The molecule has 1 aliphatic carbocycles. The average Bonchev–Trinajstić information content (AvgIpc) is 2.89. The molecule has 35 heavy (non-hydrogen) atoms. The van der Waals surface area contributed by atoms with Gasteiger partial charge in [0.1, 0.15) is 11.5 Å². The minimum atomic E-state index is 0.172. The van der Waals surface area contributed by atoms with Crippen LogP contribution in [0.3, 0.4) is 0 Å². The first-order valence-corrected chi connectivity index (χ1v) is 13.0. The quantitative estimate of drug-likeness (QED) is 0.346. The Bertz CT molecular complexity index is 1130. The van der Waals surface area contributed by atoms with Crippen LogP contribution in [-0.2, 0) is 6.54 Å². The van der Waals surface area contributed by atoms with Crippen LogP contribution >= 0.6 is 0 Å². The van der Waals surface area contributed by atoms with E-state index in [-0.39, 0.29) is 5.91 Å². The minimum Gasteiger partial charge on any atom is -0.457 e. The molecule has 1 saturated carbocycles. The van der Waals surface area contributed by atoms with Crippen molar-refractivity contribution < 1.29 is 9.53 Å². The van der Waals surface area contributed by atoms with Crippen molar-refractivity contribution in [1.82, 2.24) is 4.90 Å². The van der Waals surface area contributed by atoms with Gasteiger partial charge in [-0.2, -0.15) is 0 Å². The Balaban J connectivity index is 1.45. The molecule has 0 unspecified atom stereocenters. The zero-order chi connectivity index (χ0) is 24.6.